The molecule has 1 aromatic rings. The average molecular weight is 281 g/mol. The van der Waals surface area contributed by atoms with E-state index >= 15 is 0 Å². The molecular formula is C11H13BrN4. The fraction of sp³-hybridized carbons (Fsp3) is 0.364. The van der Waals surface area contributed by atoms with Crippen LogP contribution in [0.2, 0.25) is 0 Å². The molecule has 0 aromatic carbocycles. The summed E-state index contributed by atoms with van der Waals surface area (Å²) in [6, 6.07) is 5.49. The van der Waals surface area contributed by atoms with Crippen LogP contribution in [0, 0.1) is 10.8 Å². The molecule has 1 aliphatic heterocycles. The molecule has 0 saturated carbocycles. The summed E-state index contributed by atoms with van der Waals surface area (Å²) in [5.41, 5.74) is 0.612. The number of rotatable bonds is 1. The third-order valence-electron chi connectivity index (χ3n) is 2.60. The number of aromatic nitrogens is 1. The van der Waals surface area contributed by atoms with E-state index in [2.05, 4.69) is 20.9 Å². The van der Waals surface area contributed by atoms with Crippen molar-refractivity contribution in [1.82, 2.24) is 9.88 Å². The van der Waals surface area contributed by atoms with Crippen molar-refractivity contribution in [2.45, 2.75) is 19.3 Å². The van der Waals surface area contributed by atoms with Gasteiger partial charge in [-0.1, -0.05) is 6.07 Å². The van der Waals surface area contributed by atoms with Crippen LogP contribution in [0.25, 0.3) is 0 Å². The fourth-order valence-corrected chi connectivity index (χ4v) is 2.10. The SMILES string of the molecule is N=C1CCCCN1C(=N)c1cccc(Br)n1. The fourth-order valence-electron chi connectivity index (χ4n) is 1.76. The standard InChI is InChI=1S/C11H13BrN4/c12-9-5-3-4-8(15-9)11(14)16-7-2-1-6-10(16)13/h3-5,13-14H,1-2,6-7H2. The van der Waals surface area contributed by atoms with E-state index in [-0.39, 0.29) is 0 Å². The van der Waals surface area contributed by atoms with Gasteiger partial charge >= 0.3 is 0 Å². The van der Waals surface area contributed by atoms with Crippen molar-refractivity contribution in [3.8, 4) is 0 Å². The largest absolute Gasteiger partial charge is 0.314 e. The van der Waals surface area contributed by atoms with Gasteiger partial charge in [0.05, 0.1) is 0 Å². The molecule has 16 heavy (non-hydrogen) atoms. The van der Waals surface area contributed by atoms with Gasteiger partial charge in [0.25, 0.3) is 0 Å². The van der Waals surface area contributed by atoms with E-state index in [9.17, 15) is 0 Å². The second-order valence-corrected chi connectivity index (χ2v) is 4.56. The van der Waals surface area contributed by atoms with Crippen LogP contribution >= 0.6 is 15.9 Å². The van der Waals surface area contributed by atoms with E-state index in [1.807, 2.05) is 12.1 Å². The minimum atomic E-state index is 0.325. The van der Waals surface area contributed by atoms with Gasteiger partial charge in [-0.25, -0.2) is 4.98 Å². The molecule has 2 rings (SSSR count). The van der Waals surface area contributed by atoms with E-state index in [1.165, 1.54) is 0 Å². The molecule has 4 nitrogen and oxygen atoms in total. The molecule has 84 valence electrons. The van der Waals surface area contributed by atoms with Gasteiger partial charge in [0, 0.05) is 13.0 Å². The van der Waals surface area contributed by atoms with E-state index in [1.54, 1.807) is 11.0 Å². The molecule has 1 saturated heterocycles. The number of hydrogen-bond acceptors (Lipinski definition) is 3. The molecule has 1 aliphatic rings. The molecule has 0 amide bonds. The monoisotopic (exact) mass is 280 g/mol. The van der Waals surface area contributed by atoms with Crippen molar-refractivity contribution in [1.29, 1.82) is 10.8 Å². The highest BCUT2D eigenvalue weighted by molar-refractivity contribution is 9.10. The molecule has 0 bridgehead atoms. The second kappa shape index (κ2) is 4.74. The molecule has 2 N–H and O–H groups in total. The number of likely N-dealkylation sites (tertiary alicyclic amines) is 1. The summed E-state index contributed by atoms with van der Waals surface area (Å²) in [6.07, 6.45) is 2.85. The lowest BCUT2D eigenvalue weighted by Crippen LogP contribution is -2.40. The highest BCUT2D eigenvalue weighted by Gasteiger charge is 2.20. The highest BCUT2D eigenvalue weighted by Crippen LogP contribution is 2.15. The number of amidine groups is 2. The second-order valence-electron chi connectivity index (χ2n) is 3.75. The van der Waals surface area contributed by atoms with Crippen LogP contribution in [0.1, 0.15) is 25.0 Å². The first-order valence-electron chi connectivity index (χ1n) is 5.25. The number of halogens is 1. The molecular weight excluding hydrogens is 268 g/mol. The molecule has 0 spiro atoms. The predicted molar refractivity (Wildman–Crippen MR) is 67.0 cm³/mol. The maximum atomic E-state index is 8.05. The van der Waals surface area contributed by atoms with Gasteiger partial charge in [-0.15, -0.1) is 0 Å². The highest BCUT2D eigenvalue weighted by atomic mass is 79.9. The zero-order valence-corrected chi connectivity index (χ0v) is 10.4. The van der Waals surface area contributed by atoms with Crippen LogP contribution in [0.4, 0.5) is 0 Å². The summed E-state index contributed by atoms with van der Waals surface area (Å²) in [5, 5.41) is 15.9. The Balaban J connectivity index is 2.21. The van der Waals surface area contributed by atoms with E-state index in [0.29, 0.717) is 17.4 Å². The van der Waals surface area contributed by atoms with Crippen molar-refractivity contribution < 1.29 is 0 Å². The van der Waals surface area contributed by atoms with Gasteiger partial charge in [0.2, 0.25) is 0 Å². The third kappa shape index (κ3) is 2.29. The Hall–Kier alpha value is -1.23. The molecule has 5 heteroatoms. The zero-order chi connectivity index (χ0) is 11.5. The van der Waals surface area contributed by atoms with Gasteiger partial charge in [-0.2, -0.15) is 0 Å². The summed E-state index contributed by atoms with van der Waals surface area (Å²) >= 11 is 3.29. The normalized spacial score (nSPS) is 16.3. The lowest BCUT2D eigenvalue weighted by atomic mass is 10.1. The Kier molecular flexibility index (Phi) is 3.33. The number of nitrogens with zero attached hydrogens (tertiary/aromatic N) is 2. The molecule has 2 heterocycles. The molecule has 1 fully saturated rings. The maximum absolute atomic E-state index is 8.05. The van der Waals surface area contributed by atoms with E-state index < -0.39 is 0 Å². The van der Waals surface area contributed by atoms with E-state index in [0.717, 1.165) is 30.4 Å². The smallest absolute Gasteiger partial charge is 0.152 e. The Morgan fingerprint density at radius 1 is 1.38 bits per heavy atom. The van der Waals surface area contributed by atoms with Crippen molar-refractivity contribution in [3.05, 3.63) is 28.5 Å². The van der Waals surface area contributed by atoms with Gasteiger partial charge in [-0.05, 0) is 40.9 Å². The van der Waals surface area contributed by atoms with Gasteiger partial charge < -0.3 is 4.90 Å². The van der Waals surface area contributed by atoms with Crippen LogP contribution in [0.5, 0.6) is 0 Å². The summed E-state index contributed by atoms with van der Waals surface area (Å²) in [4.78, 5) is 5.97. The first-order valence-corrected chi connectivity index (χ1v) is 6.04. The van der Waals surface area contributed by atoms with Crippen LogP contribution in [-0.4, -0.2) is 28.1 Å². The summed E-state index contributed by atoms with van der Waals surface area (Å²) < 4.78 is 0.721. The lowest BCUT2D eigenvalue weighted by molar-refractivity contribution is 0.499. The van der Waals surface area contributed by atoms with Crippen LogP contribution in [0.15, 0.2) is 22.8 Å². The molecule has 0 radical (unpaired) electrons. The van der Waals surface area contributed by atoms with Crippen LogP contribution in [0.3, 0.4) is 0 Å². The summed E-state index contributed by atoms with van der Waals surface area (Å²) in [6.45, 7) is 0.756. The summed E-state index contributed by atoms with van der Waals surface area (Å²) in [5.74, 6) is 0.851. The van der Waals surface area contributed by atoms with Gasteiger partial charge in [0.15, 0.2) is 5.84 Å². The van der Waals surface area contributed by atoms with Crippen LogP contribution in [-0.2, 0) is 0 Å². The molecule has 1 aromatic heterocycles. The number of piperidine rings is 1. The van der Waals surface area contributed by atoms with Crippen molar-refractivity contribution in [2.24, 2.45) is 0 Å². The van der Waals surface area contributed by atoms with E-state index in [4.69, 9.17) is 10.8 Å². The topological polar surface area (TPSA) is 63.8 Å². The lowest BCUT2D eigenvalue weighted by Gasteiger charge is -2.29. The number of nitrogens with one attached hydrogen (secondary N) is 2. The van der Waals surface area contributed by atoms with Crippen LogP contribution < -0.4 is 0 Å². The molecule has 0 aliphatic carbocycles. The third-order valence-corrected chi connectivity index (χ3v) is 3.04. The number of pyridine rings is 1. The van der Waals surface area contributed by atoms with Gasteiger partial charge in [-0.3, -0.25) is 10.8 Å². The van der Waals surface area contributed by atoms with Crippen molar-refractivity contribution in [2.75, 3.05) is 6.54 Å². The number of hydrogen-bond donors (Lipinski definition) is 2. The maximum Gasteiger partial charge on any atom is 0.152 e. The van der Waals surface area contributed by atoms with Crippen molar-refractivity contribution in [3.63, 3.8) is 0 Å². The molecule has 0 unspecified atom stereocenters. The minimum absolute atomic E-state index is 0.325. The Morgan fingerprint density at radius 3 is 2.88 bits per heavy atom. The molecule has 0 atom stereocenters. The first kappa shape index (κ1) is 11.3. The minimum Gasteiger partial charge on any atom is -0.314 e. The van der Waals surface area contributed by atoms with Crippen molar-refractivity contribution >= 4 is 27.6 Å². The first-order chi connectivity index (χ1) is 7.68. The quantitative estimate of drug-likeness (QED) is 0.472. The predicted octanol–water partition coefficient (Wildman–Crippen LogP) is 2.63. The van der Waals surface area contributed by atoms with Gasteiger partial charge in [0.1, 0.15) is 16.1 Å². The Labute approximate surface area is 103 Å². The Morgan fingerprint density at radius 2 is 2.19 bits per heavy atom. The Bertz CT molecular complexity index is 430. The zero-order valence-electron chi connectivity index (χ0n) is 8.83. The average Bonchev–Trinajstić information content (AvgIpc) is 2.29. The summed E-state index contributed by atoms with van der Waals surface area (Å²) in [7, 11) is 0.